The number of halogens is 2. The summed E-state index contributed by atoms with van der Waals surface area (Å²) in [6.07, 6.45) is 0. The number of anilines is 1. The number of nitrogens with two attached hydrogens (primary N) is 1. The van der Waals surface area contributed by atoms with Gasteiger partial charge in [-0.15, -0.1) is 0 Å². The quantitative estimate of drug-likeness (QED) is 0.496. The lowest BCUT2D eigenvalue weighted by atomic mass is 10.3. The molecule has 0 spiro atoms. The maximum atomic E-state index is 11.8. The molecule has 1 aromatic rings. The number of ether oxygens (including phenoxy) is 1. The molecule has 0 fully saturated rings. The Kier molecular flexibility index (Phi) is 2.86. The number of para-hydroxylation sites is 1. The number of nitrogens with one attached hydrogen (secondary N) is 1. The number of alkyl halides is 2. The van der Waals surface area contributed by atoms with E-state index in [1.54, 1.807) is 0 Å². The molecule has 0 aliphatic rings. The highest BCUT2D eigenvalue weighted by Gasteiger charge is 2.12. The Morgan fingerprint density at radius 3 is 2.69 bits per heavy atom. The largest absolute Gasteiger partial charge is 0.504 e. The van der Waals surface area contributed by atoms with Gasteiger partial charge in [-0.2, -0.15) is 8.78 Å². The standard InChI is InChI=1S/C7H8F2N2O2/c8-7(9)13-6-4(11-10)2-1-3-5(6)12/h1-3,7,11-12H,10H2. The van der Waals surface area contributed by atoms with Gasteiger partial charge < -0.3 is 15.3 Å². The number of benzene rings is 1. The van der Waals surface area contributed by atoms with Crippen LogP contribution in [0, 0.1) is 0 Å². The number of phenolic OH excluding ortho intramolecular Hbond substituents is 1. The molecule has 0 aliphatic heterocycles. The summed E-state index contributed by atoms with van der Waals surface area (Å²) in [4.78, 5) is 0. The summed E-state index contributed by atoms with van der Waals surface area (Å²) in [7, 11) is 0. The fourth-order valence-electron chi connectivity index (χ4n) is 0.851. The van der Waals surface area contributed by atoms with Crippen molar-refractivity contribution in [2.45, 2.75) is 6.61 Å². The van der Waals surface area contributed by atoms with Crippen LogP contribution >= 0.6 is 0 Å². The molecular weight excluding hydrogens is 182 g/mol. The maximum absolute atomic E-state index is 11.8. The predicted molar refractivity (Wildman–Crippen MR) is 42.5 cm³/mol. The summed E-state index contributed by atoms with van der Waals surface area (Å²) < 4.78 is 27.7. The van der Waals surface area contributed by atoms with E-state index in [4.69, 9.17) is 10.9 Å². The number of nitrogen functional groups attached to an aromatic ring is 1. The fraction of sp³-hybridized carbons (Fsp3) is 0.143. The van der Waals surface area contributed by atoms with E-state index in [-0.39, 0.29) is 11.4 Å². The van der Waals surface area contributed by atoms with Crippen LogP contribution in [0.5, 0.6) is 11.5 Å². The first-order valence-corrected chi connectivity index (χ1v) is 3.38. The minimum atomic E-state index is -3.00. The van der Waals surface area contributed by atoms with Crippen molar-refractivity contribution in [3.8, 4) is 11.5 Å². The van der Waals surface area contributed by atoms with Gasteiger partial charge in [0, 0.05) is 0 Å². The molecule has 0 saturated carbocycles. The van der Waals surface area contributed by atoms with Gasteiger partial charge in [-0.05, 0) is 12.1 Å². The Labute approximate surface area is 72.9 Å². The zero-order valence-corrected chi connectivity index (χ0v) is 6.50. The molecule has 0 heterocycles. The number of phenols is 1. The molecule has 0 aliphatic carbocycles. The second-order valence-corrected chi connectivity index (χ2v) is 2.18. The third kappa shape index (κ3) is 2.19. The van der Waals surface area contributed by atoms with Gasteiger partial charge in [0.1, 0.15) is 0 Å². The average molecular weight is 190 g/mol. The predicted octanol–water partition coefficient (Wildman–Crippen LogP) is 1.28. The van der Waals surface area contributed by atoms with Crippen LogP contribution < -0.4 is 16.0 Å². The highest BCUT2D eigenvalue weighted by atomic mass is 19.3. The number of hydrogen-bond acceptors (Lipinski definition) is 4. The first-order valence-electron chi connectivity index (χ1n) is 3.38. The van der Waals surface area contributed by atoms with Gasteiger partial charge in [0.25, 0.3) is 0 Å². The Hall–Kier alpha value is -1.56. The monoisotopic (exact) mass is 190 g/mol. The highest BCUT2D eigenvalue weighted by molar-refractivity contribution is 5.61. The van der Waals surface area contributed by atoms with Crippen molar-refractivity contribution in [2.75, 3.05) is 5.43 Å². The smallest absolute Gasteiger partial charge is 0.387 e. The number of aromatic hydroxyl groups is 1. The number of hydrogen-bond donors (Lipinski definition) is 3. The van der Waals surface area contributed by atoms with Crippen LogP contribution in [-0.4, -0.2) is 11.7 Å². The normalized spacial score (nSPS) is 10.2. The van der Waals surface area contributed by atoms with Gasteiger partial charge in [0.05, 0.1) is 5.69 Å². The van der Waals surface area contributed by atoms with Gasteiger partial charge in [-0.3, -0.25) is 5.84 Å². The lowest BCUT2D eigenvalue weighted by Crippen LogP contribution is -2.10. The summed E-state index contributed by atoms with van der Waals surface area (Å²) >= 11 is 0. The molecule has 13 heavy (non-hydrogen) atoms. The molecule has 0 radical (unpaired) electrons. The van der Waals surface area contributed by atoms with Gasteiger partial charge in [-0.1, -0.05) is 6.07 Å². The third-order valence-corrected chi connectivity index (χ3v) is 1.36. The van der Waals surface area contributed by atoms with Gasteiger partial charge >= 0.3 is 6.61 Å². The second kappa shape index (κ2) is 3.90. The van der Waals surface area contributed by atoms with Gasteiger partial charge in [-0.25, -0.2) is 0 Å². The van der Waals surface area contributed by atoms with E-state index in [1.165, 1.54) is 18.2 Å². The summed E-state index contributed by atoms with van der Waals surface area (Å²) in [5.74, 6) is 4.26. The lowest BCUT2D eigenvalue weighted by molar-refractivity contribution is -0.0507. The van der Waals surface area contributed by atoms with Crippen LogP contribution in [0.25, 0.3) is 0 Å². The Balaban J connectivity index is 3.00. The fourth-order valence-corrected chi connectivity index (χ4v) is 0.851. The van der Waals surface area contributed by atoms with Crippen LogP contribution in [0.3, 0.4) is 0 Å². The van der Waals surface area contributed by atoms with Crippen LogP contribution in [0.1, 0.15) is 0 Å². The first-order chi connectivity index (χ1) is 6.15. The second-order valence-electron chi connectivity index (χ2n) is 2.18. The molecule has 1 rings (SSSR count). The lowest BCUT2D eigenvalue weighted by Gasteiger charge is -2.10. The molecule has 6 heteroatoms. The van der Waals surface area contributed by atoms with Crippen LogP contribution in [0.15, 0.2) is 18.2 Å². The molecular formula is C7H8F2N2O2. The maximum Gasteiger partial charge on any atom is 0.387 e. The van der Waals surface area contributed by atoms with E-state index >= 15 is 0 Å². The van der Waals surface area contributed by atoms with Gasteiger partial charge in [0.15, 0.2) is 11.5 Å². The molecule has 0 unspecified atom stereocenters. The zero-order chi connectivity index (χ0) is 9.84. The summed E-state index contributed by atoms with van der Waals surface area (Å²) in [5, 5.41) is 9.12. The van der Waals surface area contributed by atoms with Crippen molar-refractivity contribution in [1.29, 1.82) is 0 Å². The van der Waals surface area contributed by atoms with Crippen molar-refractivity contribution in [1.82, 2.24) is 0 Å². The van der Waals surface area contributed by atoms with E-state index in [1.807, 2.05) is 0 Å². The Bertz CT molecular complexity index is 294. The van der Waals surface area contributed by atoms with E-state index < -0.39 is 12.4 Å². The van der Waals surface area contributed by atoms with Crippen molar-refractivity contribution in [3.05, 3.63) is 18.2 Å². The molecule has 0 amide bonds. The van der Waals surface area contributed by atoms with Crippen molar-refractivity contribution in [2.24, 2.45) is 5.84 Å². The summed E-state index contributed by atoms with van der Waals surface area (Å²) in [6.45, 7) is -3.00. The molecule has 0 bridgehead atoms. The molecule has 4 nitrogen and oxygen atoms in total. The minimum absolute atomic E-state index is 0.0975. The molecule has 1 aromatic carbocycles. The molecule has 0 aromatic heterocycles. The van der Waals surface area contributed by atoms with E-state index in [2.05, 4.69) is 10.2 Å². The average Bonchev–Trinajstić information content (AvgIpc) is 2.08. The zero-order valence-electron chi connectivity index (χ0n) is 6.50. The summed E-state index contributed by atoms with van der Waals surface area (Å²) in [5.41, 5.74) is 2.22. The first kappa shape index (κ1) is 9.53. The SMILES string of the molecule is NNc1cccc(O)c1OC(F)F. The van der Waals surface area contributed by atoms with E-state index in [9.17, 15) is 8.78 Å². The minimum Gasteiger partial charge on any atom is -0.504 e. The number of hydrazine groups is 1. The molecule has 0 saturated heterocycles. The Morgan fingerprint density at radius 1 is 1.46 bits per heavy atom. The van der Waals surface area contributed by atoms with Crippen LogP contribution in [0.4, 0.5) is 14.5 Å². The number of rotatable bonds is 3. The topological polar surface area (TPSA) is 67.5 Å². The van der Waals surface area contributed by atoms with Crippen molar-refractivity contribution >= 4 is 5.69 Å². The van der Waals surface area contributed by atoms with E-state index in [0.717, 1.165) is 0 Å². The van der Waals surface area contributed by atoms with Crippen molar-refractivity contribution < 1.29 is 18.6 Å². The van der Waals surface area contributed by atoms with E-state index in [0.29, 0.717) is 0 Å². The molecule has 0 atom stereocenters. The molecule has 72 valence electrons. The van der Waals surface area contributed by atoms with Crippen LogP contribution in [-0.2, 0) is 0 Å². The van der Waals surface area contributed by atoms with Crippen LogP contribution in [0.2, 0.25) is 0 Å². The van der Waals surface area contributed by atoms with Crippen molar-refractivity contribution in [3.63, 3.8) is 0 Å². The molecule has 4 N–H and O–H groups in total. The highest BCUT2D eigenvalue weighted by Crippen LogP contribution is 2.34. The summed E-state index contributed by atoms with van der Waals surface area (Å²) in [6, 6.07) is 4.07. The Morgan fingerprint density at radius 2 is 2.15 bits per heavy atom. The van der Waals surface area contributed by atoms with Gasteiger partial charge in [0.2, 0.25) is 0 Å². The third-order valence-electron chi connectivity index (χ3n) is 1.36.